The largest absolute Gasteiger partial charge is 0.376 e. The van der Waals surface area contributed by atoms with E-state index in [2.05, 4.69) is 20.6 Å². The number of aromatic nitrogens is 2. The van der Waals surface area contributed by atoms with Gasteiger partial charge in [-0.15, -0.1) is 0 Å². The Labute approximate surface area is 202 Å². The second kappa shape index (κ2) is 11.1. The van der Waals surface area contributed by atoms with E-state index in [0.29, 0.717) is 24.7 Å². The fourth-order valence-electron chi connectivity index (χ4n) is 3.64. The normalized spacial score (nSPS) is 16.0. The molecule has 1 saturated heterocycles. The van der Waals surface area contributed by atoms with Crippen LogP contribution in [0.25, 0.3) is 10.9 Å². The summed E-state index contributed by atoms with van der Waals surface area (Å²) in [5.41, 5.74) is 1.72. The minimum atomic E-state index is -3.71. The van der Waals surface area contributed by atoms with Gasteiger partial charge in [0.1, 0.15) is 5.82 Å². The monoisotopic (exact) mass is 501 g/mol. The number of primary sulfonamides is 1. The molecule has 11 heteroatoms. The lowest BCUT2D eigenvalue weighted by molar-refractivity contribution is -0.118. The molecule has 4 rings (SSSR count). The number of rotatable bonds is 10. The number of thioether (sulfide) groups is 1. The number of para-hydroxylation sites is 1. The number of anilines is 1. The van der Waals surface area contributed by atoms with Gasteiger partial charge in [0.15, 0.2) is 5.16 Å². The van der Waals surface area contributed by atoms with Crippen molar-refractivity contribution >= 4 is 44.4 Å². The van der Waals surface area contributed by atoms with Crippen LogP contribution in [0, 0.1) is 0 Å². The van der Waals surface area contributed by atoms with Crippen molar-refractivity contribution in [2.24, 2.45) is 5.14 Å². The smallest absolute Gasteiger partial charge is 0.238 e. The molecule has 4 N–H and O–H groups in total. The summed E-state index contributed by atoms with van der Waals surface area (Å²) in [4.78, 5) is 21.6. The maximum absolute atomic E-state index is 12.3. The molecule has 0 spiro atoms. The van der Waals surface area contributed by atoms with E-state index in [9.17, 15) is 13.2 Å². The Balaban J connectivity index is 1.30. The zero-order valence-electron chi connectivity index (χ0n) is 18.6. The first-order valence-corrected chi connectivity index (χ1v) is 13.6. The van der Waals surface area contributed by atoms with Crippen LogP contribution in [0.4, 0.5) is 5.82 Å². The maximum Gasteiger partial charge on any atom is 0.238 e. The van der Waals surface area contributed by atoms with Crippen LogP contribution < -0.4 is 15.8 Å². The zero-order chi connectivity index (χ0) is 24.0. The average molecular weight is 502 g/mol. The fourth-order valence-corrected chi connectivity index (χ4v) is 4.84. The molecule has 1 aliphatic heterocycles. The van der Waals surface area contributed by atoms with Crippen molar-refractivity contribution in [2.45, 2.75) is 35.4 Å². The predicted molar refractivity (Wildman–Crippen MR) is 132 cm³/mol. The quantitative estimate of drug-likeness (QED) is 0.284. The molecule has 0 aliphatic carbocycles. The van der Waals surface area contributed by atoms with E-state index in [1.54, 1.807) is 12.1 Å². The predicted octanol–water partition coefficient (Wildman–Crippen LogP) is 2.32. The van der Waals surface area contributed by atoms with Gasteiger partial charge in [0, 0.05) is 25.1 Å². The number of benzene rings is 2. The summed E-state index contributed by atoms with van der Waals surface area (Å²) in [6.07, 6.45) is 2.87. The van der Waals surface area contributed by atoms with E-state index >= 15 is 0 Å². The van der Waals surface area contributed by atoms with Gasteiger partial charge in [-0.1, -0.05) is 36.0 Å². The van der Waals surface area contributed by atoms with Gasteiger partial charge < -0.3 is 15.4 Å². The number of nitrogens with two attached hydrogens (primary N) is 1. The lowest BCUT2D eigenvalue weighted by Crippen LogP contribution is -2.27. The molecule has 0 unspecified atom stereocenters. The molecule has 1 fully saturated rings. The average Bonchev–Trinajstić information content (AvgIpc) is 3.35. The number of sulfonamides is 1. The van der Waals surface area contributed by atoms with Gasteiger partial charge in [-0.05, 0) is 49.1 Å². The van der Waals surface area contributed by atoms with Crippen LogP contribution >= 0.6 is 11.8 Å². The number of ether oxygens (including phenoxy) is 1. The third kappa shape index (κ3) is 6.66. The Morgan fingerprint density at radius 3 is 2.68 bits per heavy atom. The Morgan fingerprint density at radius 1 is 1.15 bits per heavy atom. The molecule has 1 aliphatic rings. The van der Waals surface area contributed by atoms with Gasteiger partial charge in [-0.25, -0.2) is 23.5 Å². The Kier molecular flexibility index (Phi) is 7.99. The Hall–Kier alpha value is -2.73. The highest BCUT2D eigenvalue weighted by Crippen LogP contribution is 2.25. The third-order valence-electron chi connectivity index (χ3n) is 5.42. The van der Waals surface area contributed by atoms with E-state index in [1.165, 1.54) is 23.9 Å². The molecular weight excluding hydrogens is 474 g/mol. The van der Waals surface area contributed by atoms with Crippen LogP contribution in [0.15, 0.2) is 58.6 Å². The van der Waals surface area contributed by atoms with Crippen LogP contribution in [-0.4, -0.2) is 55.8 Å². The van der Waals surface area contributed by atoms with Gasteiger partial charge in [-0.2, -0.15) is 0 Å². The second-order valence-corrected chi connectivity index (χ2v) is 10.5. The first kappa shape index (κ1) is 24.4. The van der Waals surface area contributed by atoms with Gasteiger partial charge >= 0.3 is 0 Å². The van der Waals surface area contributed by atoms with Crippen LogP contribution in [0.2, 0.25) is 0 Å². The van der Waals surface area contributed by atoms with Gasteiger partial charge in [-0.3, -0.25) is 4.79 Å². The standard InChI is InChI=1S/C23H27N5O4S2/c24-34(30,31)18-9-7-16(8-10-18)11-12-25-21(29)15-33-23-27-20-6-2-1-5-19(20)22(28-23)26-14-17-4-3-13-32-17/h1-2,5-10,17H,3-4,11-15H2,(H,25,29)(H2,24,30,31)(H,26,27,28)/t17-/m0/s1. The molecular formula is C23H27N5O4S2. The number of amides is 1. The van der Waals surface area contributed by atoms with Crippen molar-refractivity contribution in [1.82, 2.24) is 15.3 Å². The highest BCUT2D eigenvalue weighted by molar-refractivity contribution is 7.99. The molecule has 2 aromatic carbocycles. The van der Waals surface area contributed by atoms with Gasteiger partial charge in [0.2, 0.25) is 15.9 Å². The summed E-state index contributed by atoms with van der Waals surface area (Å²) in [6.45, 7) is 1.92. The zero-order valence-corrected chi connectivity index (χ0v) is 20.2. The van der Waals surface area contributed by atoms with E-state index in [-0.39, 0.29) is 22.7 Å². The minimum absolute atomic E-state index is 0.0664. The number of nitrogens with zero attached hydrogens (tertiary/aromatic N) is 2. The highest BCUT2D eigenvalue weighted by atomic mass is 32.2. The minimum Gasteiger partial charge on any atom is -0.376 e. The molecule has 1 aromatic heterocycles. The Morgan fingerprint density at radius 2 is 1.94 bits per heavy atom. The van der Waals surface area contributed by atoms with E-state index in [4.69, 9.17) is 9.88 Å². The van der Waals surface area contributed by atoms with Crippen LogP contribution in [0.5, 0.6) is 0 Å². The Bertz CT molecular complexity index is 1250. The molecule has 3 aromatic rings. The van der Waals surface area contributed by atoms with Crippen molar-refractivity contribution < 1.29 is 17.9 Å². The summed E-state index contributed by atoms with van der Waals surface area (Å²) in [7, 11) is -3.71. The van der Waals surface area contributed by atoms with E-state index in [0.717, 1.165) is 41.7 Å². The number of fused-ring (bicyclic) bond motifs is 1. The first-order valence-electron chi connectivity index (χ1n) is 11.0. The SMILES string of the molecule is NS(=O)(=O)c1ccc(CCNC(=O)CSc2nc(NC[C@@H]3CCCO3)c3ccccc3n2)cc1. The molecule has 9 nitrogen and oxygen atoms in total. The van der Waals surface area contributed by atoms with Crippen molar-refractivity contribution in [3.8, 4) is 0 Å². The summed E-state index contributed by atoms with van der Waals surface area (Å²) in [5, 5.41) is 12.8. The molecule has 2 heterocycles. The first-order chi connectivity index (χ1) is 16.4. The van der Waals surface area contributed by atoms with Crippen molar-refractivity contribution in [1.29, 1.82) is 0 Å². The number of hydrogen-bond acceptors (Lipinski definition) is 8. The summed E-state index contributed by atoms with van der Waals surface area (Å²) in [5.74, 6) is 0.803. The number of carbonyl (C=O) groups excluding carboxylic acids is 1. The van der Waals surface area contributed by atoms with Crippen LogP contribution in [0.3, 0.4) is 0 Å². The molecule has 0 bridgehead atoms. The molecule has 0 radical (unpaired) electrons. The lowest BCUT2D eigenvalue weighted by atomic mass is 10.1. The number of nitrogens with one attached hydrogen (secondary N) is 2. The molecule has 0 saturated carbocycles. The van der Waals surface area contributed by atoms with Gasteiger partial charge in [0.05, 0.1) is 22.3 Å². The van der Waals surface area contributed by atoms with E-state index in [1.807, 2.05) is 24.3 Å². The van der Waals surface area contributed by atoms with Crippen LogP contribution in [-0.2, 0) is 26.0 Å². The third-order valence-corrected chi connectivity index (χ3v) is 7.20. The summed E-state index contributed by atoms with van der Waals surface area (Å²) in [6, 6.07) is 14.1. The fraction of sp³-hybridized carbons (Fsp3) is 0.348. The topological polar surface area (TPSA) is 136 Å². The molecule has 180 valence electrons. The second-order valence-electron chi connectivity index (χ2n) is 7.97. The number of hydrogen-bond donors (Lipinski definition) is 3. The number of carbonyl (C=O) groups is 1. The van der Waals surface area contributed by atoms with E-state index < -0.39 is 10.0 Å². The highest BCUT2D eigenvalue weighted by Gasteiger charge is 2.17. The lowest BCUT2D eigenvalue weighted by Gasteiger charge is -2.14. The van der Waals surface area contributed by atoms with Crippen molar-refractivity contribution in [3.05, 3.63) is 54.1 Å². The molecule has 1 amide bonds. The van der Waals surface area contributed by atoms with Gasteiger partial charge in [0.25, 0.3) is 0 Å². The maximum atomic E-state index is 12.3. The molecule has 34 heavy (non-hydrogen) atoms. The van der Waals surface area contributed by atoms with Crippen molar-refractivity contribution in [3.63, 3.8) is 0 Å². The summed E-state index contributed by atoms with van der Waals surface area (Å²) < 4.78 is 28.3. The van der Waals surface area contributed by atoms with Crippen molar-refractivity contribution in [2.75, 3.05) is 30.8 Å². The molecule has 1 atom stereocenters. The summed E-state index contributed by atoms with van der Waals surface area (Å²) >= 11 is 1.28. The van der Waals surface area contributed by atoms with Crippen LogP contribution in [0.1, 0.15) is 18.4 Å².